The van der Waals surface area contributed by atoms with Gasteiger partial charge in [-0.3, -0.25) is 5.32 Å². The van der Waals surface area contributed by atoms with Crippen molar-refractivity contribution in [3.63, 3.8) is 0 Å². The quantitative estimate of drug-likeness (QED) is 0.289. The number of hydrogen-bond donors (Lipinski definition) is 5. The number of hydrogen-bond acceptors (Lipinski definition) is 5. The van der Waals surface area contributed by atoms with Gasteiger partial charge in [0.15, 0.2) is 0 Å². The van der Waals surface area contributed by atoms with Gasteiger partial charge in [0.2, 0.25) is 0 Å². The lowest BCUT2D eigenvalue weighted by Crippen LogP contribution is -2.57. The van der Waals surface area contributed by atoms with Crippen LogP contribution in [-0.4, -0.2) is 52.0 Å². The van der Waals surface area contributed by atoms with E-state index in [1.54, 1.807) is 0 Å². The van der Waals surface area contributed by atoms with Gasteiger partial charge in [0.25, 0.3) is 0 Å². The molecular weight excluding hydrogens is 150 g/mol. The van der Waals surface area contributed by atoms with Crippen LogP contribution in [0.3, 0.4) is 0 Å². The molecule has 5 heteroatoms. The molecule has 1 aliphatic rings. The molecule has 5 N–H and O–H groups in total. The van der Waals surface area contributed by atoms with Gasteiger partial charge in [0, 0.05) is 19.1 Å². The lowest BCUT2D eigenvalue weighted by Gasteiger charge is -2.34. The van der Waals surface area contributed by atoms with Crippen LogP contribution in [0, 0.1) is 5.92 Å². The van der Waals surface area contributed by atoms with E-state index in [9.17, 15) is 5.11 Å². The number of nitrogens with one attached hydrogen (secondary N) is 1. The fraction of sp³-hybridized carbons (Fsp3) is 1.00. The predicted molar refractivity (Wildman–Crippen MR) is 36.6 cm³/mol. The third kappa shape index (κ3) is 1.69. The van der Waals surface area contributed by atoms with Gasteiger partial charge in [-0.1, -0.05) is 0 Å². The topological polar surface area (TPSA) is 93.0 Å². The molecule has 1 rings (SSSR count). The first kappa shape index (κ1) is 8.89. The maximum atomic E-state index is 9.20. The van der Waals surface area contributed by atoms with Crippen LogP contribution in [-0.2, 0) is 0 Å². The average Bonchev–Trinajstić information content (AvgIpc) is 2.01. The van der Waals surface area contributed by atoms with E-state index in [4.69, 9.17) is 15.3 Å². The Morgan fingerprint density at radius 3 is 2.36 bits per heavy atom. The molecule has 1 fully saturated rings. The first-order chi connectivity index (χ1) is 5.16. The Hall–Kier alpha value is -0.200. The average molecular weight is 163 g/mol. The van der Waals surface area contributed by atoms with Gasteiger partial charge in [0.05, 0.1) is 6.10 Å². The lowest BCUT2D eigenvalue weighted by atomic mass is 9.94. The van der Waals surface area contributed by atoms with E-state index in [0.717, 1.165) is 0 Å². The van der Waals surface area contributed by atoms with Crippen molar-refractivity contribution in [2.45, 2.75) is 18.4 Å². The summed E-state index contributed by atoms with van der Waals surface area (Å²) in [5.41, 5.74) is 0. The number of aliphatic hydroxyl groups excluding tert-OH is 4. The second-order valence-corrected chi connectivity index (χ2v) is 2.78. The van der Waals surface area contributed by atoms with Crippen molar-refractivity contribution in [3.05, 3.63) is 0 Å². The summed E-state index contributed by atoms with van der Waals surface area (Å²) in [7, 11) is 0. The molecule has 1 saturated heterocycles. The molecule has 66 valence electrons. The van der Waals surface area contributed by atoms with Crippen molar-refractivity contribution < 1.29 is 20.4 Å². The summed E-state index contributed by atoms with van der Waals surface area (Å²) in [6.07, 6.45) is -3.34. The molecule has 0 unspecified atom stereocenters. The van der Waals surface area contributed by atoms with Gasteiger partial charge in [-0.15, -0.1) is 0 Å². The minimum absolute atomic E-state index is 0.196. The Bertz CT molecular complexity index is 130. The third-order valence-corrected chi connectivity index (χ3v) is 1.98. The van der Waals surface area contributed by atoms with Crippen molar-refractivity contribution in [1.82, 2.24) is 5.32 Å². The fourth-order valence-electron chi connectivity index (χ4n) is 1.15. The molecule has 0 radical (unpaired) electrons. The monoisotopic (exact) mass is 163 g/mol. The van der Waals surface area contributed by atoms with Crippen LogP contribution < -0.4 is 5.32 Å². The molecule has 0 aromatic heterocycles. The summed E-state index contributed by atoms with van der Waals surface area (Å²) in [4.78, 5) is 0. The normalized spacial score (nSPS) is 45.8. The molecule has 11 heavy (non-hydrogen) atoms. The summed E-state index contributed by atoms with van der Waals surface area (Å²) >= 11 is 0. The zero-order valence-electron chi connectivity index (χ0n) is 6.01. The van der Waals surface area contributed by atoms with Crippen LogP contribution in [0.1, 0.15) is 0 Å². The minimum atomic E-state index is -1.21. The maximum Gasteiger partial charge on any atom is 0.133 e. The molecular formula is C6H13NO4. The molecule has 0 amide bonds. The van der Waals surface area contributed by atoms with E-state index in [1.807, 2.05) is 0 Å². The summed E-state index contributed by atoms with van der Waals surface area (Å²) in [5, 5.41) is 38.5. The molecule has 1 aliphatic heterocycles. The Morgan fingerprint density at radius 1 is 1.18 bits per heavy atom. The van der Waals surface area contributed by atoms with Crippen molar-refractivity contribution in [2.75, 3.05) is 13.2 Å². The zero-order chi connectivity index (χ0) is 8.43. The van der Waals surface area contributed by atoms with E-state index in [1.165, 1.54) is 0 Å². The highest BCUT2D eigenvalue weighted by Gasteiger charge is 2.35. The number of piperidine rings is 1. The van der Waals surface area contributed by atoms with Crippen molar-refractivity contribution in [2.24, 2.45) is 5.92 Å². The standard InChI is InChI=1S/C6H13NO4/c8-2-3-1-7-6(11)5(10)4(3)9/h3-11H,1-2H2/t3-,4-,5+,6-/m1/s1. The summed E-state index contributed by atoms with van der Waals surface area (Å²) < 4.78 is 0. The molecule has 0 aliphatic carbocycles. The Labute approximate surface area is 64.3 Å². The Balaban J connectivity index is 2.52. The second kappa shape index (κ2) is 3.46. The van der Waals surface area contributed by atoms with Crippen LogP contribution in [0.25, 0.3) is 0 Å². The SMILES string of the molecule is OC[C@H]1CN[C@H](O)[C@@H](O)[C@@H]1O. The van der Waals surface area contributed by atoms with Crippen molar-refractivity contribution >= 4 is 0 Å². The van der Waals surface area contributed by atoms with Crippen molar-refractivity contribution in [1.29, 1.82) is 0 Å². The fourth-order valence-corrected chi connectivity index (χ4v) is 1.15. The van der Waals surface area contributed by atoms with E-state index < -0.39 is 24.4 Å². The Morgan fingerprint density at radius 2 is 1.82 bits per heavy atom. The number of rotatable bonds is 1. The molecule has 0 spiro atoms. The Kier molecular flexibility index (Phi) is 2.80. The van der Waals surface area contributed by atoms with Gasteiger partial charge < -0.3 is 20.4 Å². The number of aliphatic hydroxyl groups is 4. The molecule has 4 atom stereocenters. The molecule has 0 bridgehead atoms. The van der Waals surface area contributed by atoms with E-state index >= 15 is 0 Å². The largest absolute Gasteiger partial charge is 0.396 e. The third-order valence-electron chi connectivity index (χ3n) is 1.98. The van der Waals surface area contributed by atoms with Crippen LogP contribution in [0.2, 0.25) is 0 Å². The first-order valence-electron chi connectivity index (χ1n) is 3.55. The van der Waals surface area contributed by atoms with Crippen LogP contribution in [0.15, 0.2) is 0 Å². The van der Waals surface area contributed by atoms with Gasteiger partial charge in [-0.25, -0.2) is 0 Å². The molecule has 0 aromatic rings. The van der Waals surface area contributed by atoms with E-state index in [0.29, 0.717) is 6.54 Å². The van der Waals surface area contributed by atoms with Gasteiger partial charge in [-0.2, -0.15) is 0 Å². The highest BCUT2D eigenvalue weighted by atomic mass is 16.4. The second-order valence-electron chi connectivity index (χ2n) is 2.78. The summed E-state index contributed by atoms with van der Waals surface area (Å²) in [6, 6.07) is 0. The first-order valence-corrected chi connectivity index (χ1v) is 3.55. The summed E-state index contributed by atoms with van der Waals surface area (Å²) in [6.45, 7) is 0.119. The maximum absolute atomic E-state index is 9.20. The van der Waals surface area contributed by atoms with Gasteiger partial charge >= 0.3 is 0 Å². The molecule has 0 aromatic carbocycles. The predicted octanol–water partition coefficient (Wildman–Crippen LogP) is -2.76. The van der Waals surface area contributed by atoms with Crippen LogP contribution in [0.4, 0.5) is 0 Å². The lowest BCUT2D eigenvalue weighted by molar-refractivity contribution is -0.124. The minimum Gasteiger partial charge on any atom is -0.396 e. The van der Waals surface area contributed by atoms with E-state index in [2.05, 4.69) is 5.32 Å². The summed E-state index contributed by atoms with van der Waals surface area (Å²) in [5.74, 6) is -0.395. The molecule has 0 saturated carbocycles. The van der Waals surface area contributed by atoms with Crippen LogP contribution >= 0.6 is 0 Å². The molecule has 1 heterocycles. The highest BCUT2D eigenvalue weighted by molar-refractivity contribution is 4.86. The smallest absolute Gasteiger partial charge is 0.133 e. The van der Waals surface area contributed by atoms with Gasteiger partial charge in [0.1, 0.15) is 12.3 Å². The molecule has 5 nitrogen and oxygen atoms in total. The highest BCUT2D eigenvalue weighted by Crippen LogP contribution is 2.13. The van der Waals surface area contributed by atoms with Gasteiger partial charge in [-0.05, 0) is 0 Å². The van der Waals surface area contributed by atoms with Crippen LogP contribution in [0.5, 0.6) is 0 Å². The van der Waals surface area contributed by atoms with E-state index in [-0.39, 0.29) is 6.61 Å². The van der Waals surface area contributed by atoms with Crippen molar-refractivity contribution in [3.8, 4) is 0 Å². The zero-order valence-corrected chi connectivity index (χ0v) is 6.01.